The lowest BCUT2D eigenvalue weighted by Crippen LogP contribution is -2.26. The van der Waals surface area contributed by atoms with E-state index in [9.17, 15) is 5.21 Å². The van der Waals surface area contributed by atoms with Crippen LogP contribution >= 0.6 is 0 Å². The second-order valence-electron chi connectivity index (χ2n) is 4.95. The van der Waals surface area contributed by atoms with Crippen molar-refractivity contribution in [3.8, 4) is 12.3 Å². The highest BCUT2D eigenvalue weighted by Crippen LogP contribution is 2.31. The fourth-order valence-electron chi connectivity index (χ4n) is 1.98. The molecule has 0 saturated carbocycles. The highest BCUT2D eigenvalue weighted by molar-refractivity contribution is 5.60. The van der Waals surface area contributed by atoms with E-state index in [2.05, 4.69) is 5.92 Å². The zero-order chi connectivity index (χ0) is 13.3. The third kappa shape index (κ3) is 2.34. The van der Waals surface area contributed by atoms with Crippen LogP contribution in [0.15, 0.2) is 30.2 Å². The minimum atomic E-state index is -0.674. The van der Waals surface area contributed by atoms with E-state index in [1.165, 1.54) is 0 Å². The van der Waals surface area contributed by atoms with Gasteiger partial charge in [0.2, 0.25) is 0 Å². The third-order valence-corrected chi connectivity index (χ3v) is 2.98. The molecule has 0 spiro atoms. The van der Waals surface area contributed by atoms with E-state index in [0.29, 0.717) is 12.2 Å². The van der Waals surface area contributed by atoms with Crippen LogP contribution in [0.25, 0.3) is 0 Å². The van der Waals surface area contributed by atoms with Gasteiger partial charge < -0.3 is 4.74 Å². The molecular weight excluding hydrogens is 226 g/mol. The van der Waals surface area contributed by atoms with E-state index in [1.54, 1.807) is 6.20 Å². The van der Waals surface area contributed by atoms with Crippen LogP contribution in [0.5, 0.6) is 0 Å². The summed E-state index contributed by atoms with van der Waals surface area (Å²) in [7, 11) is 0. The molecule has 1 aliphatic heterocycles. The highest BCUT2D eigenvalue weighted by atomic mass is 16.5. The molecule has 0 radical (unpaired) electrons. The molecule has 0 unspecified atom stereocenters. The Balaban J connectivity index is 2.30. The van der Waals surface area contributed by atoms with Crippen LogP contribution in [0, 0.1) is 19.3 Å². The van der Waals surface area contributed by atoms with Gasteiger partial charge in [0.1, 0.15) is 5.76 Å². The van der Waals surface area contributed by atoms with Gasteiger partial charge in [0.05, 0.1) is 11.9 Å². The normalized spacial score (nSPS) is 14.6. The van der Waals surface area contributed by atoms with Crippen LogP contribution < -0.4 is 5.06 Å². The van der Waals surface area contributed by atoms with Gasteiger partial charge in [-0.05, 0) is 38.0 Å². The van der Waals surface area contributed by atoms with E-state index in [4.69, 9.17) is 11.2 Å². The fourth-order valence-corrected chi connectivity index (χ4v) is 1.98. The average molecular weight is 243 g/mol. The number of aryl methyl sites for hydroxylation is 1. The number of allylic oxidation sites excluding steroid dienone is 1. The van der Waals surface area contributed by atoms with Crippen molar-refractivity contribution in [1.29, 1.82) is 0 Å². The Morgan fingerprint density at radius 2 is 2.17 bits per heavy atom. The summed E-state index contributed by atoms with van der Waals surface area (Å²) in [5.41, 5.74) is 2.30. The molecule has 0 amide bonds. The summed E-state index contributed by atoms with van der Waals surface area (Å²) in [6, 6.07) is 5.81. The average Bonchev–Trinajstić information content (AvgIpc) is 2.30. The van der Waals surface area contributed by atoms with Gasteiger partial charge in [-0.15, -0.1) is 6.42 Å². The molecule has 0 aliphatic carbocycles. The molecule has 18 heavy (non-hydrogen) atoms. The van der Waals surface area contributed by atoms with Crippen molar-refractivity contribution >= 4 is 5.69 Å². The van der Waals surface area contributed by atoms with E-state index in [-0.39, 0.29) is 0 Å². The zero-order valence-corrected chi connectivity index (χ0v) is 10.9. The number of hydrogen-bond acceptors (Lipinski definition) is 3. The van der Waals surface area contributed by atoms with Gasteiger partial charge in [-0.3, -0.25) is 5.21 Å². The summed E-state index contributed by atoms with van der Waals surface area (Å²) in [5, 5.41) is 11.0. The van der Waals surface area contributed by atoms with Crippen molar-refractivity contribution in [2.75, 3.05) is 5.06 Å². The van der Waals surface area contributed by atoms with Crippen LogP contribution in [-0.4, -0.2) is 10.8 Å². The highest BCUT2D eigenvalue weighted by Gasteiger charge is 2.23. The van der Waals surface area contributed by atoms with Gasteiger partial charge >= 0.3 is 0 Å². The molecule has 0 saturated heterocycles. The summed E-state index contributed by atoms with van der Waals surface area (Å²) >= 11 is 0. The summed E-state index contributed by atoms with van der Waals surface area (Å²) < 4.78 is 5.73. The van der Waals surface area contributed by atoms with Crippen molar-refractivity contribution in [1.82, 2.24) is 0 Å². The van der Waals surface area contributed by atoms with Gasteiger partial charge in [-0.25, -0.2) is 5.06 Å². The van der Waals surface area contributed by atoms with Crippen molar-refractivity contribution in [2.45, 2.75) is 32.8 Å². The first-order valence-electron chi connectivity index (χ1n) is 5.87. The van der Waals surface area contributed by atoms with Gasteiger partial charge in [0, 0.05) is 6.42 Å². The number of rotatable bonds is 2. The first-order valence-corrected chi connectivity index (χ1v) is 5.87. The molecule has 1 aromatic rings. The zero-order valence-electron chi connectivity index (χ0n) is 10.9. The summed E-state index contributed by atoms with van der Waals surface area (Å²) in [6.45, 7) is 5.66. The molecule has 0 aromatic heterocycles. The summed E-state index contributed by atoms with van der Waals surface area (Å²) in [4.78, 5) is 0. The number of hydroxylamine groups is 1. The quantitative estimate of drug-likeness (QED) is 0.810. The molecule has 0 atom stereocenters. The second-order valence-corrected chi connectivity index (χ2v) is 4.95. The topological polar surface area (TPSA) is 32.7 Å². The lowest BCUT2D eigenvalue weighted by Gasteiger charge is -2.29. The Labute approximate surface area is 108 Å². The smallest absolute Gasteiger partial charge is 0.163 e. The Hall–Kier alpha value is -1.92. The van der Waals surface area contributed by atoms with Crippen LogP contribution in [0.1, 0.15) is 25.0 Å². The minimum Gasteiger partial charge on any atom is -0.478 e. The molecule has 2 rings (SSSR count). The van der Waals surface area contributed by atoms with Crippen molar-refractivity contribution in [3.63, 3.8) is 0 Å². The molecule has 0 bridgehead atoms. The number of nitrogens with zero attached hydrogens (tertiary/aromatic N) is 1. The standard InChI is InChI=1S/C15H17NO2/c1-5-15(3,4)18-12-9-13-11(2)7-6-8-14(13)16(17)10-12/h1,6-8,10,17H,9H2,2-4H3. The van der Waals surface area contributed by atoms with Crippen molar-refractivity contribution in [3.05, 3.63) is 41.3 Å². The van der Waals surface area contributed by atoms with Crippen LogP contribution in [-0.2, 0) is 11.2 Å². The molecule has 1 aliphatic rings. The Morgan fingerprint density at radius 3 is 2.83 bits per heavy atom. The Bertz CT molecular complexity index is 538. The number of anilines is 1. The molecule has 0 fully saturated rings. The van der Waals surface area contributed by atoms with Crippen molar-refractivity contribution < 1.29 is 9.94 Å². The number of fused-ring (bicyclic) bond motifs is 1. The summed E-state index contributed by atoms with van der Waals surface area (Å²) in [6.07, 6.45) is 7.62. The van der Waals surface area contributed by atoms with Gasteiger partial charge in [-0.1, -0.05) is 18.1 Å². The molecule has 1 N–H and O–H groups in total. The lowest BCUT2D eigenvalue weighted by atomic mass is 10.00. The molecule has 3 nitrogen and oxygen atoms in total. The maximum Gasteiger partial charge on any atom is 0.163 e. The lowest BCUT2D eigenvalue weighted by molar-refractivity contribution is 0.0796. The van der Waals surface area contributed by atoms with E-state index >= 15 is 0 Å². The monoisotopic (exact) mass is 243 g/mol. The maximum absolute atomic E-state index is 9.95. The van der Waals surface area contributed by atoms with Crippen LogP contribution in [0.4, 0.5) is 5.69 Å². The largest absolute Gasteiger partial charge is 0.478 e. The van der Waals surface area contributed by atoms with Crippen LogP contribution in [0.3, 0.4) is 0 Å². The Kier molecular flexibility index (Phi) is 3.06. The first-order chi connectivity index (χ1) is 8.43. The number of hydrogen-bond donors (Lipinski definition) is 1. The van der Waals surface area contributed by atoms with Crippen molar-refractivity contribution in [2.24, 2.45) is 0 Å². The Morgan fingerprint density at radius 1 is 1.44 bits per heavy atom. The third-order valence-electron chi connectivity index (χ3n) is 2.98. The van der Waals surface area contributed by atoms with Gasteiger partial charge in [-0.2, -0.15) is 0 Å². The molecule has 1 heterocycles. The first kappa shape index (κ1) is 12.5. The summed E-state index contributed by atoms with van der Waals surface area (Å²) in [5.74, 6) is 3.25. The fraction of sp³-hybridized carbons (Fsp3) is 0.333. The molecule has 94 valence electrons. The molecule has 1 aromatic carbocycles. The van der Waals surface area contributed by atoms with Gasteiger partial charge in [0.15, 0.2) is 5.60 Å². The van der Waals surface area contributed by atoms with Crippen LogP contribution in [0.2, 0.25) is 0 Å². The van der Waals surface area contributed by atoms with E-state index in [1.807, 2.05) is 39.0 Å². The van der Waals surface area contributed by atoms with E-state index < -0.39 is 5.60 Å². The molecule has 3 heteroatoms. The minimum absolute atomic E-state index is 0.643. The number of terminal acetylenes is 1. The maximum atomic E-state index is 9.95. The second kappa shape index (κ2) is 4.40. The predicted octanol–water partition coefficient (Wildman–Crippen LogP) is 3.02. The van der Waals surface area contributed by atoms with E-state index in [0.717, 1.165) is 21.9 Å². The SMILES string of the molecule is C#CC(C)(C)OC1=CN(O)c2cccc(C)c2C1. The predicted molar refractivity (Wildman–Crippen MR) is 71.2 cm³/mol. The van der Waals surface area contributed by atoms with Gasteiger partial charge in [0.25, 0.3) is 0 Å². The number of ether oxygens (including phenoxy) is 1. The number of benzene rings is 1. The molecular formula is C15H17NO2.